The average Bonchev–Trinajstić information content (AvgIpc) is 2.39. The molecule has 0 aliphatic carbocycles. The first-order valence-corrected chi connectivity index (χ1v) is 7.85. The highest BCUT2D eigenvalue weighted by Gasteiger charge is 2.25. The van der Waals surface area contributed by atoms with E-state index in [4.69, 9.17) is 4.74 Å². The largest absolute Gasteiger partial charge is 0.495 e. The van der Waals surface area contributed by atoms with E-state index in [1.807, 2.05) is 0 Å². The predicted octanol–water partition coefficient (Wildman–Crippen LogP) is 1.47. The molecule has 0 atom stereocenters. The molecule has 100 valence electrons. The zero-order valence-electron chi connectivity index (χ0n) is 10.6. The Morgan fingerprint density at radius 1 is 1.28 bits per heavy atom. The maximum atomic E-state index is 12.4. The molecule has 0 radical (unpaired) electrons. The van der Waals surface area contributed by atoms with Crippen LogP contribution in [-0.4, -0.2) is 34.4 Å². The Hall–Kier alpha value is -1.07. The Labute approximate surface area is 108 Å². The van der Waals surface area contributed by atoms with Gasteiger partial charge in [-0.15, -0.1) is 0 Å². The van der Waals surface area contributed by atoms with Crippen molar-refractivity contribution in [3.8, 4) is 5.75 Å². The number of rotatable bonds is 4. The van der Waals surface area contributed by atoms with Gasteiger partial charge in [0.1, 0.15) is 10.6 Å². The molecule has 1 N–H and O–H groups in total. The van der Waals surface area contributed by atoms with Crippen molar-refractivity contribution in [2.24, 2.45) is 5.92 Å². The molecule has 1 heterocycles. The van der Waals surface area contributed by atoms with Crippen LogP contribution in [0.3, 0.4) is 0 Å². The molecule has 0 saturated carbocycles. The van der Waals surface area contributed by atoms with Crippen molar-refractivity contribution < 1.29 is 13.2 Å². The van der Waals surface area contributed by atoms with E-state index in [0.717, 1.165) is 25.9 Å². The van der Waals surface area contributed by atoms with Crippen molar-refractivity contribution in [2.75, 3.05) is 26.0 Å². The van der Waals surface area contributed by atoms with Gasteiger partial charge in [-0.1, -0.05) is 12.1 Å². The zero-order valence-corrected chi connectivity index (χ0v) is 11.4. The highest BCUT2D eigenvalue weighted by molar-refractivity contribution is 7.91. The van der Waals surface area contributed by atoms with E-state index in [-0.39, 0.29) is 11.7 Å². The second kappa shape index (κ2) is 5.71. The molecule has 5 heteroatoms. The Morgan fingerprint density at radius 2 is 1.94 bits per heavy atom. The van der Waals surface area contributed by atoms with Gasteiger partial charge in [-0.2, -0.15) is 0 Å². The number of para-hydroxylation sites is 1. The zero-order chi connectivity index (χ0) is 13.0. The third-order valence-electron chi connectivity index (χ3n) is 3.32. The Morgan fingerprint density at radius 3 is 2.61 bits per heavy atom. The molecule has 1 aromatic rings. The number of hydrogen-bond acceptors (Lipinski definition) is 4. The molecule has 2 rings (SSSR count). The molecular formula is C13H19NO3S. The summed E-state index contributed by atoms with van der Waals surface area (Å²) in [5.74, 6) is 0.905. The Balaban J connectivity index is 2.19. The van der Waals surface area contributed by atoms with Crippen LogP contribution in [0.1, 0.15) is 12.8 Å². The van der Waals surface area contributed by atoms with Gasteiger partial charge in [0.2, 0.25) is 0 Å². The van der Waals surface area contributed by atoms with E-state index >= 15 is 0 Å². The summed E-state index contributed by atoms with van der Waals surface area (Å²) in [6.07, 6.45) is 1.85. The number of benzene rings is 1. The van der Waals surface area contributed by atoms with Crippen molar-refractivity contribution in [1.82, 2.24) is 5.32 Å². The lowest BCUT2D eigenvalue weighted by molar-refractivity contribution is 0.394. The van der Waals surface area contributed by atoms with E-state index in [1.54, 1.807) is 24.3 Å². The fraction of sp³-hybridized carbons (Fsp3) is 0.538. The van der Waals surface area contributed by atoms with E-state index < -0.39 is 9.84 Å². The number of piperidine rings is 1. The third-order valence-corrected chi connectivity index (χ3v) is 5.24. The third kappa shape index (κ3) is 3.03. The molecule has 1 fully saturated rings. The molecule has 1 saturated heterocycles. The minimum Gasteiger partial charge on any atom is -0.495 e. The monoisotopic (exact) mass is 269 g/mol. The summed E-state index contributed by atoms with van der Waals surface area (Å²) >= 11 is 0. The highest BCUT2D eigenvalue weighted by atomic mass is 32.2. The molecular weight excluding hydrogens is 250 g/mol. The van der Waals surface area contributed by atoms with Gasteiger partial charge >= 0.3 is 0 Å². The van der Waals surface area contributed by atoms with Crippen LogP contribution in [0.25, 0.3) is 0 Å². The molecule has 1 aliphatic rings. The summed E-state index contributed by atoms with van der Waals surface area (Å²) in [5, 5.41) is 3.24. The lowest BCUT2D eigenvalue weighted by atomic mass is 10.0. The van der Waals surface area contributed by atoms with Crippen LogP contribution in [-0.2, 0) is 9.84 Å². The summed E-state index contributed by atoms with van der Waals surface area (Å²) in [4.78, 5) is 0.311. The van der Waals surface area contributed by atoms with E-state index in [9.17, 15) is 8.42 Å². The number of sulfone groups is 1. The average molecular weight is 269 g/mol. The molecule has 0 aromatic heterocycles. The first kappa shape index (κ1) is 13.4. The molecule has 0 spiro atoms. The molecule has 0 amide bonds. The molecule has 1 aromatic carbocycles. The van der Waals surface area contributed by atoms with Crippen molar-refractivity contribution in [3.63, 3.8) is 0 Å². The van der Waals surface area contributed by atoms with Crippen molar-refractivity contribution in [3.05, 3.63) is 24.3 Å². The lowest BCUT2D eigenvalue weighted by Gasteiger charge is -2.22. The second-order valence-electron chi connectivity index (χ2n) is 4.63. The van der Waals surface area contributed by atoms with E-state index in [0.29, 0.717) is 10.6 Å². The van der Waals surface area contributed by atoms with E-state index in [2.05, 4.69) is 5.32 Å². The molecule has 0 unspecified atom stereocenters. The summed E-state index contributed by atoms with van der Waals surface area (Å²) in [5.41, 5.74) is 0. The maximum absolute atomic E-state index is 12.4. The number of ether oxygens (including phenoxy) is 1. The van der Waals surface area contributed by atoms with Crippen LogP contribution in [0, 0.1) is 5.92 Å². The van der Waals surface area contributed by atoms with Gasteiger partial charge in [-0.25, -0.2) is 8.42 Å². The fourth-order valence-electron chi connectivity index (χ4n) is 2.32. The van der Waals surface area contributed by atoms with Crippen LogP contribution in [0.15, 0.2) is 29.2 Å². The topological polar surface area (TPSA) is 55.4 Å². The normalized spacial score (nSPS) is 17.6. The summed E-state index contributed by atoms with van der Waals surface area (Å²) < 4.78 is 29.9. The van der Waals surface area contributed by atoms with Crippen LogP contribution >= 0.6 is 0 Å². The van der Waals surface area contributed by atoms with Crippen LogP contribution in [0.2, 0.25) is 0 Å². The minimum absolute atomic E-state index is 0.217. The van der Waals surface area contributed by atoms with Gasteiger partial charge in [0.25, 0.3) is 0 Å². The first-order valence-electron chi connectivity index (χ1n) is 6.20. The van der Waals surface area contributed by atoms with Crippen LogP contribution in [0.5, 0.6) is 5.75 Å². The number of hydrogen-bond donors (Lipinski definition) is 1. The van der Waals surface area contributed by atoms with Gasteiger partial charge in [0.05, 0.1) is 12.9 Å². The molecule has 18 heavy (non-hydrogen) atoms. The quantitative estimate of drug-likeness (QED) is 0.899. The maximum Gasteiger partial charge on any atom is 0.182 e. The SMILES string of the molecule is COc1ccccc1S(=O)(=O)CC1CCNCC1. The minimum atomic E-state index is -3.26. The Bertz CT molecular complexity index is 493. The smallest absolute Gasteiger partial charge is 0.182 e. The number of nitrogens with one attached hydrogen (secondary N) is 1. The molecule has 0 bridgehead atoms. The predicted molar refractivity (Wildman–Crippen MR) is 70.6 cm³/mol. The number of methoxy groups -OCH3 is 1. The fourth-order valence-corrected chi connectivity index (χ4v) is 4.20. The van der Waals surface area contributed by atoms with Crippen LogP contribution < -0.4 is 10.1 Å². The molecule has 1 aliphatic heterocycles. The summed E-state index contributed by atoms with van der Waals surface area (Å²) in [7, 11) is -1.76. The lowest BCUT2D eigenvalue weighted by Crippen LogP contribution is -2.31. The standard InChI is InChI=1S/C13H19NO3S/c1-17-12-4-2-3-5-13(12)18(15,16)10-11-6-8-14-9-7-11/h2-5,11,14H,6-10H2,1H3. The van der Waals surface area contributed by atoms with Gasteiger partial charge in [-0.3, -0.25) is 0 Å². The van der Waals surface area contributed by atoms with Gasteiger partial charge < -0.3 is 10.1 Å². The van der Waals surface area contributed by atoms with Gasteiger partial charge in [0, 0.05) is 0 Å². The first-order chi connectivity index (χ1) is 8.63. The molecule has 4 nitrogen and oxygen atoms in total. The summed E-state index contributed by atoms with van der Waals surface area (Å²) in [6.45, 7) is 1.82. The van der Waals surface area contributed by atoms with Crippen molar-refractivity contribution >= 4 is 9.84 Å². The second-order valence-corrected chi connectivity index (χ2v) is 6.63. The van der Waals surface area contributed by atoms with E-state index in [1.165, 1.54) is 7.11 Å². The van der Waals surface area contributed by atoms with Gasteiger partial charge in [-0.05, 0) is 44.0 Å². The van der Waals surface area contributed by atoms with Crippen molar-refractivity contribution in [1.29, 1.82) is 0 Å². The Kier molecular flexibility index (Phi) is 4.24. The van der Waals surface area contributed by atoms with Crippen molar-refractivity contribution in [2.45, 2.75) is 17.7 Å². The highest BCUT2D eigenvalue weighted by Crippen LogP contribution is 2.27. The van der Waals surface area contributed by atoms with Gasteiger partial charge in [0.15, 0.2) is 9.84 Å². The van der Waals surface area contributed by atoms with Crippen LogP contribution in [0.4, 0.5) is 0 Å². The summed E-state index contributed by atoms with van der Waals surface area (Å²) in [6, 6.07) is 6.82.